The Bertz CT molecular complexity index is 284. The molecule has 1 heterocycles. The van der Waals surface area contributed by atoms with E-state index in [2.05, 4.69) is 24.1 Å². The zero-order valence-electron chi connectivity index (χ0n) is 11.0. The number of halogens is 1. The molecule has 0 radical (unpaired) electrons. The van der Waals surface area contributed by atoms with Crippen LogP contribution in [0.15, 0.2) is 0 Å². The van der Waals surface area contributed by atoms with E-state index in [1.165, 1.54) is 6.42 Å². The van der Waals surface area contributed by atoms with Crippen LogP contribution in [0, 0.1) is 5.92 Å². The van der Waals surface area contributed by atoms with Crippen molar-refractivity contribution in [1.29, 1.82) is 0 Å². The second kappa shape index (κ2) is 8.32. The Balaban J connectivity index is 0.00000289. The van der Waals surface area contributed by atoms with Gasteiger partial charge in [0, 0.05) is 6.04 Å². The second-order valence-corrected chi connectivity index (χ2v) is 4.95. The lowest BCUT2D eigenvalue weighted by atomic mass is 9.93. The molecular weight excluding hydrogens is 256 g/mol. The Labute approximate surface area is 114 Å². The van der Waals surface area contributed by atoms with E-state index in [1.807, 2.05) is 0 Å². The summed E-state index contributed by atoms with van der Waals surface area (Å²) < 4.78 is 0. The summed E-state index contributed by atoms with van der Waals surface area (Å²) in [6.45, 7) is 5.29. The summed E-state index contributed by atoms with van der Waals surface area (Å²) in [7, 11) is 0. The molecule has 5 nitrogen and oxygen atoms in total. The molecular formula is C12H23ClN2O3. The molecule has 0 aromatic heterocycles. The van der Waals surface area contributed by atoms with Crippen LogP contribution in [0.3, 0.4) is 0 Å². The molecule has 0 aromatic rings. The van der Waals surface area contributed by atoms with Crippen molar-refractivity contribution >= 4 is 24.3 Å². The maximum absolute atomic E-state index is 11.6. The Kier molecular flexibility index (Phi) is 7.95. The monoisotopic (exact) mass is 278 g/mol. The van der Waals surface area contributed by atoms with Crippen LogP contribution >= 0.6 is 12.4 Å². The molecule has 106 valence electrons. The highest BCUT2D eigenvalue weighted by atomic mass is 35.5. The lowest BCUT2D eigenvalue weighted by Crippen LogP contribution is -2.48. The van der Waals surface area contributed by atoms with Gasteiger partial charge in [-0.2, -0.15) is 0 Å². The Morgan fingerprint density at radius 3 is 2.61 bits per heavy atom. The van der Waals surface area contributed by atoms with E-state index < -0.39 is 5.97 Å². The molecule has 2 N–H and O–H groups in total. The van der Waals surface area contributed by atoms with E-state index in [9.17, 15) is 9.59 Å². The lowest BCUT2D eigenvalue weighted by Gasteiger charge is -2.37. The van der Waals surface area contributed by atoms with Crippen molar-refractivity contribution in [3.8, 4) is 0 Å². The van der Waals surface area contributed by atoms with Gasteiger partial charge in [-0.15, -0.1) is 12.4 Å². The Morgan fingerprint density at radius 1 is 1.39 bits per heavy atom. The van der Waals surface area contributed by atoms with Gasteiger partial charge in [-0.3, -0.25) is 14.5 Å². The summed E-state index contributed by atoms with van der Waals surface area (Å²) >= 11 is 0. The lowest BCUT2D eigenvalue weighted by molar-refractivity contribution is -0.138. The SMILES string of the molecule is CC(C)C1CCCCN1CC(=O)NCC(=O)O.Cl. The van der Waals surface area contributed by atoms with Crippen LogP contribution < -0.4 is 5.32 Å². The van der Waals surface area contributed by atoms with Crippen molar-refractivity contribution < 1.29 is 14.7 Å². The van der Waals surface area contributed by atoms with Crippen molar-refractivity contribution in [3.63, 3.8) is 0 Å². The standard InChI is InChI=1S/C12H22N2O3.ClH/c1-9(2)10-5-3-4-6-14(10)8-11(15)13-7-12(16)17;/h9-10H,3-8H2,1-2H3,(H,13,15)(H,16,17);1H. The van der Waals surface area contributed by atoms with E-state index in [0.717, 1.165) is 19.4 Å². The highest BCUT2D eigenvalue weighted by Crippen LogP contribution is 2.22. The van der Waals surface area contributed by atoms with Gasteiger partial charge in [-0.1, -0.05) is 20.3 Å². The quantitative estimate of drug-likeness (QED) is 0.791. The third kappa shape index (κ3) is 5.69. The van der Waals surface area contributed by atoms with Crippen LogP contribution in [0.25, 0.3) is 0 Å². The van der Waals surface area contributed by atoms with Crippen molar-refractivity contribution in [2.24, 2.45) is 5.92 Å². The molecule has 1 saturated heterocycles. The average Bonchev–Trinajstić information content (AvgIpc) is 2.27. The number of nitrogens with zero attached hydrogens (tertiary/aromatic N) is 1. The van der Waals surface area contributed by atoms with Crippen LogP contribution in [-0.4, -0.2) is 47.6 Å². The van der Waals surface area contributed by atoms with Gasteiger partial charge in [0.25, 0.3) is 0 Å². The smallest absolute Gasteiger partial charge is 0.322 e. The highest BCUT2D eigenvalue weighted by molar-refractivity contribution is 5.85. The van der Waals surface area contributed by atoms with Crippen molar-refractivity contribution in [2.45, 2.75) is 39.2 Å². The number of amides is 1. The highest BCUT2D eigenvalue weighted by Gasteiger charge is 2.26. The van der Waals surface area contributed by atoms with Gasteiger partial charge in [0.1, 0.15) is 6.54 Å². The van der Waals surface area contributed by atoms with Crippen LogP contribution in [-0.2, 0) is 9.59 Å². The molecule has 0 spiro atoms. The average molecular weight is 279 g/mol. The molecule has 18 heavy (non-hydrogen) atoms. The Morgan fingerprint density at radius 2 is 2.06 bits per heavy atom. The Hall–Kier alpha value is -0.810. The van der Waals surface area contributed by atoms with E-state index in [-0.39, 0.29) is 24.9 Å². The molecule has 1 rings (SSSR count). The van der Waals surface area contributed by atoms with Gasteiger partial charge in [0.2, 0.25) is 5.91 Å². The van der Waals surface area contributed by atoms with E-state index >= 15 is 0 Å². The summed E-state index contributed by atoms with van der Waals surface area (Å²) in [6.07, 6.45) is 3.47. The number of nitrogens with one attached hydrogen (secondary N) is 1. The first kappa shape index (κ1) is 17.2. The zero-order chi connectivity index (χ0) is 12.8. The zero-order valence-corrected chi connectivity index (χ0v) is 11.8. The minimum Gasteiger partial charge on any atom is -0.480 e. The van der Waals surface area contributed by atoms with Crippen molar-refractivity contribution in [3.05, 3.63) is 0 Å². The second-order valence-electron chi connectivity index (χ2n) is 4.95. The van der Waals surface area contributed by atoms with Gasteiger partial charge >= 0.3 is 5.97 Å². The predicted octanol–water partition coefficient (Wildman–Crippen LogP) is 1.12. The number of piperidine rings is 1. The van der Waals surface area contributed by atoms with Crippen LogP contribution in [0.4, 0.5) is 0 Å². The largest absolute Gasteiger partial charge is 0.480 e. The number of carbonyl (C=O) groups excluding carboxylic acids is 1. The molecule has 0 aromatic carbocycles. The fourth-order valence-electron chi connectivity index (χ4n) is 2.38. The predicted molar refractivity (Wildman–Crippen MR) is 71.9 cm³/mol. The summed E-state index contributed by atoms with van der Waals surface area (Å²) in [6, 6.07) is 0.444. The molecule has 0 aliphatic carbocycles. The van der Waals surface area contributed by atoms with Gasteiger partial charge in [0.15, 0.2) is 0 Å². The van der Waals surface area contributed by atoms with E-state index in [1.54, 1.807) is 0 Å². The number of aliphatic carboxylic acids is 1. The van der Waals surface area contributed by atoms with E-state index in [0.29, 0.717) is 18.5 Å². The fourth-order valence-corrected chi connectivity index (χ4v) is 2.38. The molecule has 0 bridgehead atoms. The number of hydrogen-bond donors (Lipinski definition) is 2. The van der Waals surface area contributed by atoms with Gasteiger partial charge in [-0.25, -0.2) is 0 Å². The molecule has 1 atom stereocenters. The van der Waals surface area contributed by atoms with Crippen molar-refractivity contribution in [2.75, 3.05) is 19.6 Å². The molecule has 1 amide bonds. The first-order valence-electron chi connectivity index (χ1n) is 6.23. The number of rotatable bonds is 5. The van der Waals surface area contributed by atoms with Gasteiger partial charge in [0.05, 0.1) is 6.54 Å². The number of carboxylic acid groups (broad SMARTS) is 1. The van der Waals surface area contributed by atoms with Gasteiger partial charge in [-0.05, 0) is 25.3 Å². The molecule has 1 unspecified atom stereocenters. The topological polar surface area (TPSA) is 69.6 Å². The van der Waals surface area contributed by atoms with Gasteiger partial charge < -0.3 is 10.4 Å². The molecule has 1 aliphatic rings. The summed E-state index contributed by atoms with van der Waals surface area (Å²) in [5, 5.41) is 10.9. The minimum absolute atomic E-state index is 0. The van der Waals surface area contributed by atoms with Crippen LogP contribution in [0.5, 0.6) is 0 Å². The van der Waals surface area contributed by atoms with Crippen molar-refractivity contribution in [1.82, 2.24) is 10.2 Å². The van der Waals surface area contributed by atoms with Crippen LogP contribution in [0.1, 0.15) is 33.1 Å². The number of likely N-dealkylation sites (tertiary alicyclic amines) is 1. The summed E-state index contributed by atoms with van der Waals surface area (Å²) in [5.74, 6) is -0.667. The molecule has 1 aliphatic heterocycles. The third-order valence-corrected chi connectivity index (χ3v) is 3.22. The molecule has 0 saturated carbocycles. The number of carbonyl (C=O) groups is 2. The molecule has 6 heteroatoms. The number of hydrogen-bond acceptors (Lipinski definition) is 3. The maximum Gasteiger partial charge on any atom is 0.322 e. The number of carboxylic acids is 1. The minimum atomic E-state index is -1.00. The summed E-state index contributed by atoms with van der Waals surface area (Å²) in [4.78, 5) is 24.1. The molecule has 1 fully saturated rings. The van der Waals surface area contributed by atoms with E-state index in [4.69, 9.17) is 5.11 Å². The normalized spacial score (nSPS) is 20.3. The summed E-state index contributed by atoms with van der Waals surface area (Å²) in [5.41, 5.74) is 0. The van der Waals surface area contributed by atoms with Crippen LogP contribution in [0.2, 0.25) is 0 Å². The third-order valence-electron chi connectivity index (χ3n) is 3.22. The maximum atomic E-state index is 11.6. The fraction of sp³-hybridized carbons (Fsp3) is 0.833. The first-order chi connectivity index (χ1) is 8.00. The first-order valence-corrected chi connectivity index (χ1v) is 6.23.